The highest BCUT2D eigenvalue weighted by atomic mass is 35.5. The van der Waals surface area contributed by atoms with Gasteiger partial charge in [0, 0.05) is 11.4 Å². The topological polar surface area (TPSA) is 17.1 Å². The Hall–Kier alpha value is -0.530. The lowest BCUT2D eigenvalue weighted by atomic mass is 9.94. The van der Waals surface area contributed by atoms with Crippen LogP contribution in [0.25, 0.3) is 0 Å². The molecule has 15 heavy (non-hydrogen) atoms. The summed E-state index contributed by atoms with van der Waals surface area (Å²) in [5, 5.41) is 0.670. The van der Waals surface area contributed by atoms with Gasteiger partial charge >= 0.3 is 0 Å². The van der Waals surface area contributed by atoms with Crippen molar-refractivity contribution in [1.29, 1.82) is 0 Å². The van der Waals surface area contributed by atoms with Crippen molar-refractivity contribution in [3.05, 3.63) is 34.3 Å². The molecule has 0 saturated carbocycles. The molecule has 0 fully saturated rings. The van der Waals surface area contributed by atoms with E-state index in [2.05, 4.69) is 0 Å². The van der Waals surface area contributed by atoms with Crippen molar-refractivity contribution < 1.29 is 4.79 Å². The molecule has 0 aliphatic rings. The third-order valence-corrected chi connectivity index (χ3v) is 3.35. The number of halogens is 2. The number of hydrogen-bond donors (Lipinski definition) is 0. The summed E-state index contributed by atoms with van der Waals surface area (Å²) in [5.74, 6) is -0.0384. The van der Waals surface area contributed by atoms with E-state index >= 15 is 0 Å². The van der Waals surface area contributed by atoms with E-state index < -0.39 is 4.87 Å². The maximum atomic E-state index is 11.3. The van der Waals surface area contributed by atoms with E-state index in [0.717, 1.165) is 11.1 Å². The van der Waals surface area contributed by atoms with Gasteiger partial charge in [-0.1, -0.05) is 23.7 Å². The van der Waals surface area contributed by atoms with Crippen LogP contribution in [0.1, 0.15) is 25.0 Å². The number of aryl methyl sites for hydroxylation is 1. The number of carbonyl (C=O) groups excluding carboxylic acids is 1. The molecule has 0 aliphatic heterocycles. The summed E-state index contributed by atoms with van der Waals surface area (Å²) in [6.07, 6.45) is 0.468. The van der Waals surface area contributed by atoms with Gasteiger partial charge in [0.05, 0.1) is 0 Å². The summed E-state index contributed by atoms with van der Waals surface area (Å²) in [6.45, 7) is 5.19. The highest BCUT2D eigenvalue weighted by molar-refractivity contribution is 6.35. The smallest absolute Gasteiger partial charge is 0.150 e. The second-order valence-corrected chi connectivity index (χ2v) is 5.21. The first-order valence-electron chi connectivity index (χ1n) is 4.78. The fourth-order valence-corrected chi connectivity index (χ4v) is 1.77. The van der Waals surface area contributed by atoms with E-state index in [0.29, 0.717) is 11.4 Å². The van der Waals surface area contributed by atoms with Crippen LogP contribution in [0.2, 0.25) is 5.02 Å². The van der Waals surface area contributed by atoms with Crippen molar-refractivity contribution in [2.45, 2.75) is 32.1 Å². The lowest BCUT2D eigenvalue weighted by Gasteiger charge is -2.20. The quantitative estimate of drug-likeness (QED) is 0.740. The van der Waals surface area contributed by atoms with Gasteiger partial charge in [-0.15, -0.1) is 11.6 Å². The minimum absolute atomic E-state index is 0.0384. The first kappa shape index (κ1) is 12.5. The molecule has 0 radical (unpaired) electrons. The Morgan fingerprint density at radius 1 is 1.47 bits per heavy atom. The number of benzene rings is 1. The molecule has 0 aromatic heterocycles. The van der Waals surface area contributed by atoms with Crippen molar-refractivity contribution in [2.75, 3.05) is 0 Å². The van der Waals surface area contributed by atoms with Gasteiger partial charge in [-0.3, -0.25) is 4.79 Å². The van der Waals surface area contributed by atoms with Crippen molar-refractivity contribution in [2.24, 2.45) is 0 Å². The van der Waals surface area contributed by atoms with Gasteiger partial charge in [0.2, 0.25) is 0 Å². The molecule has 3 heteroatoms. The number of Topliss-reactive ketones (excluding diaryl/α,β-unsaturated/α-hetero) is 1. The summed E-state index contributed by atoms with van der Waals surface area (Å²) in [4.78, 5) is 10.5. The van der Waals surface area contributed by atoms with Crippen LogP contribution in [0.5, 0.6) is 0 Å². The molecule has 0 saturated heterocycles. The fourth-order valence-electron chi connectivity index (χ4n) is 1.35. The number of rotatable bonds is 3. The summed E-state index contributed by atoms with van der Waals surface area (Å²) in [7, 11) is 0. The van der Waals surface area contributed by atoms with Gasteiger partial charge in [0.1, 0.15) is 4.87 Å². The van der Waals surface area contributed by atoms with Crippen LogP contribution in [0.3, 0.4) is 0 Å². The van der Waals surface area contributed by atoms with E-state index in [-0.39, 0.29) is 5.78 Å². The van der Waals surface area contributed by atoms with Gasteiger partial charge in [-0.25, -0.2) is 0 Å². The zero-order valence-electron chi connectivity index (χ0n) is 9.10. The molecule has 1 aromatic carbocycles. The van der Waals surface area contributed by atoms with E-state index in [9.17, 15) is 4.79 Å². The van der Waals surface area contributed by atoms with E-state index in [1.54, 1.807) is 6.92 Å². The SMILES string of the molecule is CC(=O)C(C)(Cl)Cc1c(C)cccc1Cl. The molecule has 0 amide bonds. The minimum Gasteiger partial charge on any atom is -0.298 e. The molecule has 1 atom stereocenters. The van der Waals surface area contributed by atoms with Crippen LogP contribution in [0.15, 0.2) is 18.2 Å². The Labute approximate surface area is 100 Å². The van der Waals surface area contributed by atoms with E-state index in [4.69, 9.17) is 23.2 Å². The predicted molar refractivity (Wildman–Crippen MR) is 64.8 cm³/mol. The second kappa shape index (κ2) is 4.54. The van der Waals surface area contributed by atoms with E-state index in [1.165, 1.54) is 6.92 Å². The Morgan fingerprint density at radius 3 is 2.53 bits per heavy atom. The van der Waals surface area contributed by atoms with Crippen molar-refractivity contribution >= 4 is 29.0 Å². The van der Waals surface area contributed by atoms with Crippen LogP contribution in [-0.2, 0) is 11.2 Å². The molecular formula is C12H14Cl2O. The van der Waals surface area contributed by atoms with Crippen LogP contribution in [0.4, 0.5) is 0 Å². The Bertz CT molecular complexity index is 363. The summed E-state index contributed by atoms with van der Waals surface area (Å²) in [6, 6.07) is 5.67. The molecule has 0 spiro atoms. The molecule has 1 rings (SSSR count). The molecular weight excluding hydrogens is 231 g/mol. The zero-order valence-corrected chi connectivity index (χ0v) is 10.6. The maximum absolute atomic E-state index is 11.3. The first-order chi connectivity index (χ1) is 6.84. The highest BCUT2D eigenvalue weighted by Crippen LogP contribution is 2.28. The van der Waals surface area contributed by atoms with Gasteiger partial charge < -0.3 is 0 Å². The molecule has 1 aromatic rings. The second-order valence-electron chi connectivity index (χ2n) is 3.97. The predicted octanol–water partition coefficient (Wildman–Crippen LogP) is 3.78. The molecule has 0 aliphatic carbocycles. The standard InChI is InChI=1S/C12H14Cl2O/c1-8-5-4-6-11(13)10(8)7-12(3,14)9(2)15/h4-6H,7H2,1-3H3. The van der Waals surface area contributed by atoms with E-state index in [1.807, 2.05) is 25.1 Å². The van der Waals surface area contributed by atoms with Crippen LogP contribution >= 0.6 is 23.2 Å². The van der Waals surface area contributed by atoms with Gasteiger partial charge in [0.15, 0.2) is 5.78 Å². The number of hydrogen-bond acceptors (Lipinski definition) is 1. The lowest BCUT2D eigenvalue weighted by molar-refractivity contribution is -0.119. The molecule has 82 valence electrons. The van der Waals surface area contributed by atoms with Crippen LogP contribution in [-0.4, -0.2) is 10.7 Å². The third kappa shape index (κ3) is 2.96. The Morgan fingerprint density at radius 2 is 2.07 bits per heavy atom. The fraction of sp³-hybridized carbons (Fsp3) is 0.417. The summed E-state index contributed by atoms with van der Waals surface area (Å²) >= 11 is 12.2. The normalized spacial score (nSPS) is 14.7. The van der Waals surface area contributed by atoms with Crippen molar-refractivity contribution in [1.82, 2.24) is 0 Å². The summed E-state index contributed by atoms with van der Waals surface area (Å²) < 4.78 is 0. The first-order valence-corrected chi connectivity index (χ1v) is 5.54. The average Bonchev–Trinajstić information content (AvgIpc) is 2.11. The maximum Gasteiger partial charge on any atom is 0.150 e. The largest absolute Gasteiger partial charge is 0.298 e. The monoisotopic (exact) mass is 244 g/mol. The number of alkyl halides is 1. The van der Waals surface area contributed by atoms with Crippen molar-refractivity contribution in [3.63, 3.8) is 0 Å². The van der Waals surface area contributed by atoms with Gasteiger partial charge in [-0.05, 0) is 38.0 Å². The molecule has 0 N–H and O–H groups in total. The van der Waals surface area contributed by atoms with Gasteiger partial charge in [-0.2, -0.15) is 0 Å². The molecule has 0 bridgehead atoms. The molecule has 0 heterocycles. The summed E-state index contributed by atoms with van der Waals surface area (Å²) in [5.41, 5.74) is 2.02. The lowest BCUT2D eigenvalue weighted by Crippen LogP contribution is -2.29. The third-order valence-electron chi connectivity index (χ3n) is 2.60. The minimum atomic E-state index is -0.865. The zero-order chi connectivity index (χ0) is 11.6. The van der Waals surface area contributed by atoms with Crippen molar-refractivity contribution in [3.8, 4) is 0 Å². The van der Waals surface area contributed by atoms with Gasteiger partial charge in [0.25, 0.3) is 0 Å². The molecule has 1 unspecified atom stereocenters. The number of carbonyl (C=O) groups is 1. The highest BCUT2D eigenvalue weighted by Gasteiger charge is 2.28. The van der Waals surface area contributed by atoms with Crippen LogP contribution in [0, 0.1) is 6.92 Å². The molecule has 1 nitrogen and oxygen atoms in total. The average molecular weight is 245 g/mol. The Kier molecular flexibility index (Phi) is 3.80. The van der Waals surface area contributed by atoms with Crippen LogP contribution < -0.4 is 0 Å². The number of ketones is 1. The Balaban J connectivity index is 3.04.